The zero-order valence-electron chi connectivity index (χ0n) is 15.4. The molecule has 5 rings (SSSR count). The van der Waals surface area contributed by atoms with Crippen LogP contribution in [0.4, 0.5) is 0 Å². The summed E-state index contributed by atoms with van der Waals surface area (Å²) in [6, 6.07) is 14.5. The molecule has 1 atom stereocenters. The minimum Gasteiger partial charge on any atom is -0.484 e. The van der Waals surface area contributed by atoms with Crippen LogP contribution in [0.15, 0.2) is 63.5 Å². The monoisotopic (exact) mass is 428 g/mol. The SMILES string of the molecule is CC1=Cc2cc3c(cc2C(c2ccc4ccccc4n2)O1)oc(=O)n3O[Cl+3]([O-])([O-])[O-]. The molecule has 2 aromatic carbocycles. The topological polar surface area (TPSA) is 136 Å². The molecule has 0 amide bonds. The molecule has 1 unspecified atom stereocenters. The largest absolute Gasteiger partial charge is 0.484 e. The van der Waals surface area contributed by atoms with Crippen molar-refractivity contribution in [2.24, 2.45) is 0 Å². The average Bonchev–Trinajstić information content (AvgIpc) is 2.98. The molecule has 0 N–H and O–H groups in total. The highest BCUT2D eigenvalue weighted by atomic mass is 35.7. The van der Waals surface area contributed by atoms with Crippen LogP contribution in [0.25, 0.3) is 28.1 Å². The number of ether oxygens (including phenoxy) is 1. The summed E-state index contributed by atoms with van der Waals surface area (Å²) in [6.45, 7) is 1.76. The van der Waals surface area contributed by atoms with E-state index in [2.05, 4.69) is 9.37 Å². The maximum Gasteiger partial charge on any atom is 0.465 e. The van der Waals surface area contributed by atoms with Crippen LogP contribution >= 0.6 is 0 Å². The zero-order chi connectivity index (χ0) is 21.0. The standard InChI is InChI=1S/C20H13ClN2O7/c1-11-8-13-9-17-18(29-20(24)23(17)30-21(25,26)27)10-14(13)19(28-11)16-7-6-12-4-2-3-5-15(12)22-16/h2-10,19H,1H3. The number of aromatic nitrogens is 2. The summed E-state index contributed by atoms with van der Waals surface area (Å²) >= 11 is 0. The van der Waals surface area contributed by atoms with Crippen molar-refractivity contribution in [3.63, 3.8) is 0 Å². The first-order valence-corrected chi connectivity index (χ1v) is 10.0. The Hall–Kier alpha value is -3.37. The fourth-order valence-electron chi connectivity index (χ4n) is 3.53. The average molecular weight is 429 g/mol. The first kappa shape index (κ1) is 18.6. The first-order chi connectivity index (χ1) is 14.3. The number of rotatable bonds is 3. The summed E-state index contributed by atoms with van der Waals surface area (Å²) in [4.78, 5) is 16.7. The van der Waals surface area contributed by atoms with Crippen LogP contribution < -0.4 is 24.1 Å². The van der Waals surface area contributed by atoms with Crippen molar-refractivity contribution >= 4 is 28.1 Å². The normalized spacial score (nSPS) is 16.3. The second-order valence-corrected chi connectivity index (χ2v) is 7.63. The van der Waals surface area contributed by atoms with Gasteiger partial charge in [0.05, 0.1) is 21.4 Å². The number of halogens is 1. The molecule has 0 saturated carbocycles. The summed E-state index contributed by atoms with van der Waals surface area (Å²) in [5, 5.41) is 0.984. The number of oxazole rings is 1. The summed E-state index contributed by atoms with van der Waals surface area (Å²) in [5.41, 5.74) is 2.81. The van der Waals surface area contributed by atoms with Crippen LogP contribution in [0.3, 0.4) is 0 Å². The molecule has 30 heavy (non-hydrogen) atoms. The second-order valence-electron chi connectivity index (χ2n) is 6.74. The zero-order valence-corrected chi connectivity index (χ0v) is 16.2. The third-order valence-corrected chi connectivity index (χ3v) is 5.04. The van der Waals surface area contributed by atoms with E-state index in [0.717, 1.165) is 10.9 Å². The van der Waals surface area contributed by atoms with Gasteiger partial charge in [0.2, 0.25) is 0 Å². The van der Waals surface area contributed by atoms with Crippen molar-refractivity contribution in [2.45, 2.75) is 13.0 Å². The van der Waals surface area contributed by atoms with Gasteiger partial charge in [-0.25, -0.2) is 9.78 Å². The van der Waals surface area contributed by atoms with Crippen molar-refractivity contribution in [2.75, 3.05) is 0 Å². The number of allylic oxidation sites excluding steroid dienone is 1. The number of nitrogens with zero attached hydrogens (tertiary/aromatic N) is 2. The number of benzene rings is 2. The van der Waals surface area contributed by atoms with Gasteiger partial charge in [-0.05, 0) is 42.8 Å². The maximum absolute atomic E-state index is 12.0. The molecule has 0 fully saturated rings. The Morgan fingerprint density at radius 2 is 1.93 bits per heavy atom. The van der Waals surface area contributed by atoms with Crippen molar-refractivity contribution in [3.8, 4) is 0 Å². The van der Waals surface area contributed by atoms with E-state index < -0.39 is 22.1 Å². The summed E-state index contributed by atoms with van der Waals surface area (Å²) < 4.78 is 48.4. The number of hydrogen-bond acceptors (Lipinski definition) is 8. The van der Waals surface area contributed by atoms with E-state index in [9.17, 15) is 18.8 Å². The summed E-state index contributed by atoms with van der Waals surface area (Å²) in [5.74, 6) is -0.545. The lowest BCUT2D eigenvalue weighted by molar-refractivity contribution is -1.92. The highest BCUT2D eigenvalue weighted by molar-refractivity contribution is 5.81. The van der Waals surface area contributed by atoms with Crippen LogP contribution in [0, 0.1) is 10.2 Å². The van der Waals surface area contributed by atoms with Gasteiger partial charge in [-0.15, -0.1) is 0 Å². The van der Waals surface area contributed by atoms with Gasteiger partial charge in [-0.3, -0.25) is 0 Å². The number of para-hydroxylation sites is 1. The smallest absolute Gasteiger partial charge is 0.465 e. The van der Waals surface area contributed by atoms with E-state index in [4.69, 9.17) is 9.15 Å². The summed E-state index contributed by atoms with van der Waals surface area (Å²) in [7, 11) is -4.87. The lowest BCUT2D eigenvalue weighted by atomic mass is 9.96. The van der Waals surface area contributed by atoms with Gasteiger partial charge in [0.1, 0.15) is 5.52 Å². The Balaban J connectivity index is 1.67. The molecule has 1 aliphatic heterocycles. The fraction of sp³-hybridized carbons (Fsp3) is 0.100. The van der Waals surface area contributed by atoms with E-state index in [1.165, 1.54) is 6.07 Å². The number of hydrogen-bond donors (Lipinski definition) is 0. The minimum atomic E-state index is -4.87. The minimum absolute atomic E-state index is 0.00171. The maximum atomic E-state index is 12.0. The Kier molecular flexibility index (Phi) is 4.09. The van der Waals surface area contributed by atoms with Crippen LogP contribution in [-0.2, 0) is 4.74 Å². The molecule has 0 bridgehead atoms. The van der Waals surface area contributed by atoms with E-state index in [-0.39, 0.29) is 11.1 Å². The predicted octanol–water partition coefficient (Wildman–Crippen LogP) is -0.0510. The molecule has 10 heteroatoms. The van der Waals surface area contributed by atoms with Crippen molar-refractivity contribution < 1.29 is 37.8 Å². The van der Waals surface area contributed by atoms with Gasteiger partial charge < -0.3 is 9.15 Å². The van der Waals surface area contributed by atoms with Gasteiger partial charge in [0.15, 0.2) is 21.9 Å². The molecule has 0 aliphatic carbocycles. The van der Waals surface area contributed by atoms with Crippen LogP contribution in [-0.4, -0.2) is 9.71 Å². The second kappa shape index (κ2) is 6.57. The van der Waals surface area contributed by atoms with Crippen molar-refractivity contribution in [1.29, 1.82) is 0 Å². The van der Waals surface area contributed by atoms with E-state index in [1.54, 1.807) is 19.1 Å². The molecule has 152 valence electrons. The summed E-state index contributed by atoms with van der Waals surface area (Å²) in [6.07, 6.45) is 1.15. The lowest BCUT2D eigenvalue weighted by Gasteiger charge is -2.25. The molecule has 2 aromatic heterocycles. The third kappa shape index (κ3) is 3.19. The quantitative estimate of drug-likeness (QED) is 0.443. The molecule has 9 nitrogen and oxygen atoms in total. The van der Waals surface area contributed by atoms with Gasteiger partial charge in [-0.1, -0.05) is 24.3 Å². The highest BCUT2D eigenvalue weighted by Crippen LogP contribution is 2.37. The first-order valence-electron chi connectivity index (χ1n) is 8.79. The van der Waals surface area contributed by atoms with Gasteiger partial charge in [0, 0.05) is 15.7 Å². The van der Waals surface area contributed by atoms with E-state index in [1.807, 2.05) is 36.4 Å². The van der Waals surface area contributed by atoms with E-state index >= 15 is 0 Å². The number of fused-ring (bicyclic) bond motifs is 3. The Bertz CT molecular complexity index is 1380. The third-order valence-electron chi connectivity index (χ3n) is 4.73. The molecule has 4 aromatic rings. The van der Waals surface area contributed by atoms with Crippen LogP contribution in [0.2, 0.25) is 0 Å². The fourth-order valence-corrected chi connectivity index (χ4v) is 3.83. The molecular formula is C20H13ClN2O7. The van der Waals surface area contributed by atoms with Crippen LogP contribution in [0.1, 0.15) is 29.8 Å². The van der Waals surface area contributed by atoms with E-state index in [0.29, 0.717) is 27.3 Å². The molecule has 0 spiro atoms. The molecule has 1 aliphatic rings. The van der Waals surface area contributed by atoms with Crippen molar-refractivity contribution in [1.82, 2.24) is 9.71 Å². The molecule has 3 heterocycles. The Morgan fingerprint density at radius 1 is 1.13 bits per heavy atom. The Morgan fingerprint density at radius 3 is 2.73 bits per heavy atom. The molecule has 0 radical (unpaired) electrons. The number of pyridine rings is 1. The molecule has 0 saturated heterocycles. The van der Waals surface area contributed by atoms with Gasteiger partial charge >= 0.3 is 5.76 Å². The lowest BCUT2D eigenvalue weighted by Crippen LogP contribution is -2.66. The Labute approximate surface area is 170 Å². The predicted molar refractivity (Wildman–Crippen MR) is 95.4 cm³/mol. The van der Waals surface area contributed by atoms with Crippen LogP contribution in [0.5, 0.6) is 0 Å². The van der Waals surface area contributed by atoms with Gasteiger partial charge in [-0.2, -0.15) is 14.0 Å². The highest BCUT2D eigenvalue weighted by Gasteiger charge is 2.30. The van der Waals surface area contributed by atoms with Gasteiger partial charge in [0.25, 0.3) is 0 Å². The van der Waals surface area contributed by atoms with Crippen molar-refractivity contribution in [3.05, 3.63) is 81.7 Å². The molecular weight excluding hydrogens is 416 g/mol.